The lowest BCUT2D eigenvalue weighted by Gasteiger charge is -2.12. The van der Waals surface area contributed by atoms with Crippen LogP contribution in [0.5, 0.6) is 11.6 Å². The molecule has 0 aliphatic rings. The van der Waals surface area contributed by atoms with E-state index in [9.17, 15) is 22.4 Å². The lowest BCUT2D eigenvalue weighted by Crippen LogP contribution is -2.22. The van der Waals surface area contributed by atoms with Crippen LogP contribution in [-0.4, -0.2) is 10.9 Å². The van der Waals surface area contributed by atoms with Crippen molar-refractivity contribution in [1.82, 2.24) is 10.3 Å². The van der Waals surface area contributed by atoms with Crippen molar-refractivity contribution in [1.29, 1.82) is 0 Å². The molecule has 0 fully saturated rings. The summed E-state index contributed by atoms with van der Waals surface area (Å²) in [5.74, 6) is -0.950. The molecule has 10 heteroatoms. The molecule has 3 N–H and O–H groups in total. The minimum Gasteiger partial charge on any atom is -0.439 e. The summed E-state index contributed by atoms with van der Waals surface area (Å²) in [5, 5.41) is 2.68. The molecule has 164 valence electrons. The first-order valence-electron chi connectivity index (χ1n) is 8.83. The number of alkyl halides is 3. The number of carbonyl (C=O) groups excluding carboxylic acids is 1. The minimum atomic E-state index is -4.65. The normalized spacial score (nSPS) is 10.9. The number of pyridine rings is 1. The Balaban J connectivity index is 0.00000341. The second-order valence-corrected chi connectivity index (χ2v) is 6.34. The summed E-state index contributed by atoms with van der Waals surface area (Å²) in [4.78, 5) is 15.8. The van der Waals surface area contributed by atoms with Crippen molar-refractivity contribution in [3.8, 4) is 11.6 Å². The number of ether oxygens (including phenoxy) is 1. The van der Waals surface area contributed by atoms with Gasteiger partial charge in [-0.05, 0) is 47.5 Å². The van der Waals surface area contributed by atoms with Gasteiger partial charge in [-0.3, -0.25) is 4.79 Å². The summed E-state index contributed by atoms with van der Waals surface area (Å²) in [6.07, 6.45) is -4.65. The molecule has 1 heterocycles. The zero-order valence-corrected chi connectivity index (χ0v) is 16.8. The monoisotopic (exact) mass is 455 g/mol. The zero-order chi connectivity index (χ0) is 21.7. The van der Waals surface area contributed by atoms with Gasteiger partial charge < -0.3 is 15.8 Å². The molecule has 0 atom stereocenters. The zero-order valence-electron chi connectivity index (χ0n) is 15.9. The second kappa shape index (κ2) is 10.2. The van der Waals surface area contributed by atoms with Crippen LogP contribution in [0.4, 0.5) is 17.6 Å². The van der Waals surface area contributed by atoms with Crippen molar-refractivity contribution in [3.05, 3.63) is 88.9 Å². The van der Waals surface area contributed by atoms with Gasteiger partial charge in [0.05, 0.1) is 0 Å². The molecule has 0 unspecified atom stereocenters. The fraction of sp³-hybridized carbons (Fsp3) is 0.143. The lowest BCUT2D eigenvalue weighted by atomic mass is 10.2. The van der Waals surface area contributed by atoms with Crippen molar-refractivity contribution in [2.75, 3.05) is 0 Å². The van der Waals surface area contributed by atoms with Crippen molar-refractivity contribution >= 4 is 18.3 Å². The van der Waals surface area contributed by atoms with Crippen LogP contribution in [-0.2, 0) is 19.3 Å². The molecule has 0 aliphatic carbocycles. The Morgan fingerprint density at radius 2 is 1.74 bits per heavy atom. The number of rotatable bonds is 6. The highest BCUT2D eigenvalue weighted by Gasteiger charge is 2.33. The van der Waals surface area contributed by atoms with Crippen LogP contribution in [0.25, 0.3) is 0 Å². The molecule has 0 spiro atoms. The van der Waals surface area contributed by atoms with Crippen molar-refractivity contribution in [2.45, 2.75) is 19.3 Å². The Kier molecular flexibility index (Phi) is 7.95. The molecule has 31 heavy (non-hydrogen) atoms. The highest BCUT2D eigenvalue weighted by molar-refractivity contribution is 5.94. The Morgan fingerprint density at radius 1 is 1.03 bits per heavy atom. The number of hydrogen-bond acceptors (Lipinski definition) is 4. The van der Waals surface area contributed by atoms with E-state index in [4.69, 9.17) is 10.5 Å². The molecule has 3 aromatic rings. The first kappa shape index (κ1) is 24.1. The topological polar surface area (TPSA) is 77.2 Å². The van der Waals surface area contributed by atoms with Gasteiger partial charge in [0, 0.05) is 24.7 Å². The van der Waals surface area contributed by atoms with Crippen LogP contribution in [0.1, 0.15) is 27.2 Å². The summed E-state index contributed by atoms with van der Waals surface area (Å²) in [5.41, 5.74) is 5.49. The Bertz CT molecular complexity index is 1040. The maximum Gasteiger partial charge on any atom is 0.433 e. The Hall–Kier alpha value is -3.17. The van der Waals surface area contributed by atoms with E-state index in [0.29, 0.717) is 5.56 Å². The van der Waals surface area contributed by atoms with Gasteiger partial charge in [0.2, 0.25) is 5.88 Å². The van der Waals surface area contributed by atoms with Crippen LogP contribution in [0, 0.1) is 5.82 Å². The molecule has 1 aromatic heterocycles. The van der Waals surface area contributed by atoms with Crippen LogP contribution >= 0.6 is 12.4 Å². The number of aromatic nitrogens is 1. The van der Waals surface area contributed by atoms with E-state index in [1.165, 1.54) is 42.5 Å². The lowest BCUT2D eigenvalue weighted by molar-refractivity contribution is -0.141. The van der Waals surface area contributed by atoms with E-state index in [1.807, 2.05) is 0 Å². The smallest absolute Gasteiger partial charge is 0.433 e. The molecule has 5 nitrogen and oxygen atoms in total. The van der Waals surface area contributed by atoms with Crippen molar-refractivity contribution in [2.24, 2.45) is 5.73 Å². The molecule has 0 bridgehead atoms. The molecule has 0 radical (unpaired) electrons. The summed E-state index contributed by atoms with van der Waals surface area (Å²) in [6, 6.07) is 13.7. The molecular weight excluding hydrogens is 438 g/mol. The van der Waals surface area contributed by atoms with Crippen LogP contribution in [0.15, 0.2) is 60.7 Å². The summed E-state index contributed by atoms with van der Waals surface area (Å²) in [7, 11) is 0. The maximum absolute atomic E-state index is 13.0. The van der Waals surface area contributed by atoms with E-state index in [2.05, 4.69) is 10.3 Å². The van der Waals surface area contributed by atoms with Gasteiger partial charge in [-0.2, -0.15) is 13.2 Å². The first-order valence-corrected chi connectivity index (χ1v) is 8.83. The van der Waals surface area contributed by atoms with Gasteiger partial charge in [0.15, 0.2) is 0 Å². The molecule has 1 amide bonds. The van der Waals surface area contributed by atoms with E-state index < -0.39 is 17.8 Å². The largest absolute Gasteiger partial charge is 0.439 e. The average molecular weight is 456 g/mol. The fourth-order valence-corrected chi connectivity index (χ4v) is 2.58. The van der Waals surface area contributed by atoms with Crippen molar-refractivity contribution in [3.63, 3.8) is 0 Å². The standard InChI is InChI=1S/C21H17F4N3O2.ClH/c22-16-6-4-13(5-7-16)12-27-20(29)15-2-1-3-17(10-15)30-19-9-14(11-26)8-18(28-19)21(23,24)25;/h1-10H,11-12,26H2,(H,27,29);1H. The number of nitrogens with two attached hydrogens (primary N) is 1. The maximum atomic E-state index is 13.0. The molecule has 3 rings (SSSR count). The third kappa shape index (κ3) is 6.66. The van der Waals surface area contributed by atoms with Gasteiger partial charge in [-0.1, -0.05) is 18.2 Å². The van der Waals surface area contributed by atoms with Gasteiger partial charge in [-0.25, -0.2) is 9.37 Å². The number of hydrogen-bond donors (Lipinski definition) is 2. The minimum absolute atomic E-state index is 0. The summed E-state index contributed by atoms with van der Waals surface area (Å²) < 4.78 is 57.4. The number of halogens is 5. The Morgan fingerprint density at radius 3 is 2.39 bits per heavy atom. The van der Waals surface area contributed by atoms with Crippen LogP contribution in [0.3, 0.4) is 0 Å². The van der Waals surface area contributed by atoms with Crippen LogP contribution < -0.4 is 15.8 Å². The molecule has 0 saturated carbocycles. The first-order chi connectivity index (χ1) is 14.2. The number of carbonyl (C=O) groups is 1. The second-order valence-electron chi connectivity index (χ2n) is 6.34. The third-order valence-corrected chi connectivity index (χ3v) is 4.07. The van der Waals surface area contributed by atoms with Gasteiger partial charge in [0.1, 0.15) is 17.3 Å². The van der Waals surface area contributed by atoms with Crippen LogP contribution in [0.2, 0.25) is 0 Å². The highest BCUT2D eigenvalue weighted by atomic mass is 35.5. The van der Waals surface area contributed by atoms with E-state index in [0.717, 1.165) is 6.07 Å². The summed E-state index contributed by atoms with van der Waals surface area (Å²) in [6.45, 7) is 0.0625. The fourth-order valence-electron chi connectivity index (χ4n) is 2.58. The van der Waals surface area contributed by atoms with Crippen molar-refractivity contribution < 1.29 is 27.1 Å². The van der Waals surface area contributed by atoms with E-state index >= 15 is 0 Å². The quantitative estimate of drug-likeness (QED) is 0.521. The van der Waals surface area contributed by atoms with Gasteiger partial charge in [-0.15, -0.1) is 12.4 Å². The number of nitrogens with zero attached hydrogens (tertiary/aromatic N) is 1. The Labute approximate surface area is 181 Å². The molecular formula is C21H18ClF4N3O2. The average Bonchev–Trinajstić information content (AvgIpc) is 2.72. The van der Waals surface area contributed by atoms with Gasteiger partial charge in [0.25, 0.3) is 5.91 Å². The SMILES string of the molecule is Cl.NCc1cc(Oc2cccc(C(=O)NCc3ccc(F)cc3)c2)nc(C(F)(F)F)c1. The van der Waals surface area contributed by atoms with E-state index in [-0.39, 0.29) is 54.1 Å². The number of nitrogens with one attached hydrogen (secondary N) is 1. The van der Waals surface area contributed by atoms with Gasteiger partial charge >= 0.3 is 6.18 Å². The summed E-state index contributed by atoms with van der Waals surface area (Å²) >= 11 is 0. The molecule has 2 aromatic carbocycles. The number of amides is 1. The predicted octanol–water partition coefficient (Wildman–Crippen LogP) is 4.84. The molecule has 0 saturated heterocycles. The van der Waals surface area contributed by atoms with E-state index in [1.54, 1.807) is 12.1 Å². The predicted molar refractivity (Wildman–Crippen MR) is 108 cm³/mol. The third-order valence-electron chi connectivity index (χ3n) is 4.07. The molecule has 0 aliphatic heterocycles. The highest BCUT2D eigenvalue weighted by Crippen LogP contribution is 2.31. The number of benzene rings is 2.